The SMILES string of the molecule is CC[C@]12CCCN3CC[C@]4(c5cc([N+](=O)[O-])ccc5N[C@H]4[C@@H](C(=O)OC)C1)[C@@H]32. The Kier molecular flexibility index (Phi) is 3.79. The first kappa shape index (κ1) is 17.9. The number of piperidine rings is 1. The summed E-state index contributed by atoms with van der Waals surface area (Å²) in [6.07, 6.45) is 5.02. The molecule has 0 aromatic heterocycles. The zero-order valence-electron chi connectivity index (χ0n) is 16.4. The van der Waals surface area contributed by atoms with E-state index in [1.54, 1.807) is 12.1 Å². The number of nitro groups is 1. The molecule has 1 N–H and O–H groups in total. The van der Waals surface area contributed by atoms with E-state index < -0.39 is 0 Å². The van der Waals surface area contributed by atoms with Crippen molar-refractivity contribution in [2.75, 3.05) is 25.5 Å². The maximum Gasteiger partial charge on any atom is 0.310 e. The van der Waals surface area contributed by atoms with Gasteiger partial charge in [-0.05, 0) is 62.2 Å². The molecule has 2 saturated heterocycles. The highest BCUT2D eigenvalue weighted by atomic mass is 16.6. The van der Waals surface area contributed by atoms with Crippen molar-refractivity contribution in [1.82, 2.24) is 4.90 Å². The molecule has 28 heavy (non-hydrogen) atoms. The van der Waals surface area contributed by atoms with Crippen LogP contribution in [-0.4, -0.2) is 48.1 Å². The highest BCUT2D eigenvalue weighted by molar-refractivity contribution is 5.78. The summed E-state index contributed by atoms with van der Waals surface area (Å²) in [5.41, 5.74) is 1.90. The maximum atomic E-state index is 12.9. The van der Waals surface area contributed by atoms with Gasteiger partial charge in [-0.15, -0.1) is 0 Å². The molecule has 7 heteroatoms. The predicted molar refractivity (Wildman–Crippen MR) is 104 cm³/mol. The number of hydrogen-bond acceptors (Lipinski definition) is 6. The summed E-state index contributed by atoms with van der Waals surface area (Å²) in [7, 11) is 1.47. The zero-order chi connectivity index (χ0) is 19.7. The third kappa shape index (κ3) is 2.05. The Hall–Kier alpha value is -2.15. The van der Waals surface area contributed by atoms with Crippen LogP contribution in [0.5, 0.6) is 0 Å². The van der Waals surface area contributed by atoms with Crippen LogP contribution >= 0.6 is 0 Å². The van der Waals surface area contributed by atoms with Gasteiger partial charge in [0.05, 0.1) is 24.0 Å². The first-order valence-corrected chi connectivity index (χ1v) is 10.3. The van der Waals surface area contributed by atoms with E-state index >= 15 is 0 Å². The smallest absolute Gasteiger partial charge is 0.310 e. The lowest BCUT2D eigenvalue weighted by molar-refractivity contribution is -0.384. The van der Waals surface area contributed by atoms with Crippen molar-refractivity contribution < 1.29 is 14.5 Å². The molecule has 0 radical (unpaired) electrons. The molecule has 0 amide bonds. The first-order chi connectivity index (χ1) is 13.5. The summed E-state index contributed by atoms with van der Waals surface area (Å²) < 4.78 is 5.23. The van der Waals surface area contributed by atoms with E-state index in [0.717, 1.165) is 56.4 Å². The summed E-state index contributed by atoms with van der Waals surface area (Å²) in [5.74, 6) is -0.389. The quantitative estimate of drug-likeness (QED) is 0.489. The third-order valence-electron chi connectivity index (χ3n) is 8.18. The third-order valence-corrected chi connectivity index (χ3v) is 8.18. The molecule has 3 heterocycles. The lowest BCUT2D eigenvalue weighted by Gasteiger charge is -2.59. The molecule has 0 unspecified atom stereocenters. The van der Waals surface area contributed by atoms with E-state index in [4.69, 9.17) is 4.74 Å². The van der Waals surface area contributed by atoms with E-state index in [9.17, 15) is 14.9 Å². The van der Waals surface area contributed by atoms with E-state index in [0.29, 0.717) is 6.04 Å². The van der Waals surface area contributed by atoms with E-state index in [2.05, 4.69) is 17.1 Å². The van der Waals surface area contributed by atoms with E-state index in [1.807, 2.05) is 6.07 Å². The second-order valence-electron chi connectivity index (χ2n) is 8.99. The molecular formula is C21H27N3O4. The molecule has 4 aliphatic rings. The molecule has 5 rings (SSSR count). The van der Waals surface area contributed by atoms with Gasteiger partial charge in [0, 0.05) is 29.3 Å². The van der Waals surface area contributed by atoms with Gasteiger partial charge in [0.1, 0.15) is 0 Å². The Bertz CT molecular complexity index is 858. The average Bonchev–Trinajstić information content (AvgIpc) is 3.27. The number of nitro benzene ring substituents is 1. The molecule has 0 bridgehead atoms. The number of nitrogens with one attached hydrogen (secondary N) is 1. The fourth-order valence-corrected chi connectivity index (χ4v) is 7.21. The van der Waals surface area contributed by atoms with Crippen LogP contribution in [0.4, 0.5) is 11.4 Å². The molecule has 3 aliphatic heterocycles. The summed E-state index contributed by atoms with van der Waals surface area (Å²) in [6, 6.07) is 5.41. The number of ether oxygens (including phenoxy) is 1. The van der Waals surface area contributed by atoms with Crippen molar-refractivity contribution in [3.8, 4) is 0 Å². The Morgan fingerprint density at radius 1 is 1.39 bits per heavy atom. The molecule has 3 fully saturated rings. The van der Waals surface area contributed by atoms with Crippen molar-refractivity contribution in [1.29, 1.82) is 0 Å². The Labute approximate surface area is 164 Å². The lowest BCUT2D eigenvalue weighted by Crippen LogP contribution is -2.67. The standard InChI is InChI=1S/C21H27N3O4/c1-3-20-7-4-9-23-10-8-21(19(20)23)15-11-13(24(26)27)5-6-16(15)22-17(21)14(12-20)18(25)28-2/h5-6,11,14,17,19,22H,3-4,7-10,12H2,1-2H3/t14-,17-,19-,20-,21+/m0/s1. The Balaban J connectivity index is 1.74. The van der Waals surface area contributed by atoms with Gasteiger partial charge in [-0.3, -0.25) is 19.8 Å². The summed E-state index contributed by atoms with van der Waals surface area (Å²) in [6.45, 7) is 4.30. The van der Waals surface area contributed by atoms with Crippen LogP contribution in [0.25, 0.3) is 0 Å². The number of hydrogen-bond donors (Lipinski definition) is 1. The van der Waals surface area contributed by atoms with Gasteiger partial charge in [0.2, 0.25) is 0 Å². The molecule has 1 aliphatic carbocycles. The molecule has 7 nitrogen and oxygen atoms in total. The molecule has 1 aromatic carbocycles. The summed E-state index contributed by atoms with van der Waals surface area (Å²) in [4.78, 5) is 26.6. The highest BCUT2D eigenvalue weighted by Gasteiger charge is 2.69. The molecule has 1 spiro atoms. The minimum absolute atomic E-state index is 0.0536. The van der Waals surface area contributed by atoms with Gasteiger partial charge in [0.15, 0.2) is 0 Å². The van der Waals surface area contributed by atoms with Crippen LogP contribution in [0.15, 0.2) is 18.2 Å². The van der Waals surface area contributed by atoms with Crippen molar-refractivity contribution in [3.63, 3.8) is 0 Å². The molecule has 1 saturated carbocycles. The van der Waals surface area contributed by atoms with Crippen LogP contribution in [0.1, 0.15) is 44.6 Å². The number of methoxy groups -OCH3 is 1. The van der Waals surface area contributed by atoms with E-state index in [1.165, 1.54) is 7.11 Å². The predicted octanol–water partition coefficient (Wildman–Crippen LogP) is 3.08. The molecule has 1 aromatic rings. The number of carbonyl (C=O) groups excluding carboxylic acids is 1. The minimum atomic E-state index is -0.314. The number of carbonyl (C=O) groups is 1. The van der Waals surface area contributed by atoms with Gasteiger partial charge in [0.25, 0.3) is 5.69 Å². The molecule has 5 atom stereocenters. The van der Waals surface area contributed by atoms with Gasteiger partial charge >= 0.3 is 5.97 Å². The van der Waals surface area contributed by atoms with Gasteiger partial charge in [-0.2, -0.15) is 0 Å². The Morgan fingerprint density at radius 3 is 2.93 bits per heavy atom. The Morgan fingerprint density at radius 2 is 2.21 bits per heavy atom. The van der Waals surface area contributed by atoms with Crippen molar-refractivity contribution in [2.24, 2.45) is 11.3 Å². The highest BCUT2D eigenvalue weighted by Crippen LogP contribution is 2.65. The number of nitrogens with zero attached hydrogens (tertiary/aromatic N) is 2. The minimum Gasteiger partial charge on any atom is -0.469 e. The van der Waals surface area contributed by atoms with Crippen LogP contribution in [0, 0.1) is 21.4 Å². The average molecular weight is 385 g/mol. The molecular weight excluding hydrogens is 358 g/mol. The number of esters is 1. The first-order valence-electron chi connectivity index (χ1n) is 10.3. The maximum absolute atomic E-state index is 12.9. The second kappa shape index (κ2) is 5.92. The number of benzene rings is 1. The van der Waals surface area contributed by atoms with Gasteiger partial charge < -0.3 is 10.1 Å². The largest absolute Gasteiger partial charge is 0.469 e. The fraction of sp³-hybridized carbons (Fsp3) is 0.667. The van der Waals surface area contributed by atoms with Gasteiger partial charge in [-0.1, -0.05) is 6.92 Å². The molecule has 150 valence electrons. The van der Waals surface area contributed by atoms with Crippen LogP contribution in [0.3, 0.4) is 0 Å². The summed E-state index contributed by atoms with van der Waals surface area (Å²) in [5, 5.41) is 15.1. The lowest BCUT2D eigenvalue weighted by atomic mass is 9.49. The normalized spacial score (nSPS) is 38.1. The van der Waals surface area contributed by atoms with Crippen molar-refractivity contribution in [2.45, 2.75) is 56.5 Å². The number of non-ortho nitro benzene ring substituents is 1. The zero-order valence-corrected chi connectivity index (χ0v) is 16.4. The van der Waals surface area contributed by atoms with Crippen molar-refractivity contribution in [3.05, 3.63) is 33.9 Å². The van der Waals surface area contributed by atoms with Crippen molar-refractivity contribution >= 4 is 17.3 Å². The topological polar surface area (TPSA) is 84.7 Å². The van der Waals surface area contributed by atoms with Crippen LogP contribution in [-0.2, 0) is 14.9 Å². The van der Waals surface area contributed by atoms with E-state index in [-0.39, 0.29) is 39.4 Å². The van der Waals surface area contributed by atoms with Gasteiger partial charge in [-0.25, -0.2) is 0 Å². The van der Waals surface area contributed by atoms with Crippen LogP contribution in [0.2, 0.25) is 0 Å². The number of rotatable bonds is 3. The summed E-state index contributed by atoms with van der Waals surface area (Å²) >= 11 is 0. The number of fused-ring (bicyclic) bond motifs is 1. The fourth-order valence-electron chi connectivity index (χ4n) is 7.21. The van der Waals surface area contributed by atoms with Crippen LogP contribution < -0.4 is 5.32 Å². The number of anilines is 1. The monoisotopic (exact) mass is 385 g/mol. The second-order valence-corrected chi connectivity index (χ2v) is 8.99.